The number of carbonyl (C=O) groups is 1. The summed E-state index contributed by atoms with van der Waals surface area (Å²) in [5, 5.41) is 0. The van der Waals surface area contributed by atoms with E-state index in [0.717, 1.165) is 12.8 Å². The Morgan fingerprint density at radius 3 is 2.29 bits per heavy atom. The Morgan fingerprint density at radius 1 is 1.17 bits per heavy atom. The molecule has 0 N–H and O–H groups in total. The van der Waals surface area contributed by atoms with Crippen molar-refractivity contribution < 1.29 is 18.0 Å². The zero-order chi connectivity index (χ0) is 17.3. The molecular weight excluding hydrogens is 315 g/mol. The molecule has 0 aromatic heterocycles. The third-order valence-electron chi connectivity index (χ3n) is 4.76. The van der Waals surface area contributed by atoms with Gasteiger partial charge in [0.05, 0.1) is 11.1 Å². The SMILES string of the molecule is C#Cc1c(F)cc(C2(N3CCCC3)C=CC(C=O)=C(F)C2)cc1F. The summed E-state index contributed by atoms with van der Waals surface area (Å²) in [6.07, 6.45) is 10.3. The molecule has 0 radical (unpaired) electrons. The second-order valence-electron chi connectivity index (χ2n) is 6.07. The molecule has 1 fully saturated rings. The molecule has 0 saturated carbocycles. The van der Waals surface area contributed by atoms with Crippen LogP contribution >= 0.6 is 0 Å². The molecule has 1 unspecified atom stereocenters. The average Bonchev–Trinajstić information content (AvgIpc) is 3.09. The van der Waals surface area contributed by atoms with E-state index in [1.165, 1.54) is 18.2 Å². The van der Waals surface area contributed by atoms with Gasteiger partial charge in [0.25, 0.3) is 0 Å². The summed E-state index contributed by atoms with van der Waals surface area (Å²) < 4.78 is 42.7. The van der Waals surface area contributed by atoms with Crippen molar-refractivity contribution in [3.63, 3.8) is 0 Å². The average molecular weight is 331 g/mol. The maximum atomic E-state index is 14.4. The Balaban J connectivity index is 2.15. The standard InChI is InChI=1S/C19H16F3NO/c1-2-15-16(20)9-14(10-17(15)21)19(23-7-3-4-8-23)6-5-13(12-24)18(22)11-19/h1,5-6,9-10,12H,3-4,7-8,11H2. The molecule has 0 spiro atoms. The topological polar surface area (TPSA) is 20.3 Å². The smallest absolute Gasteiger partial charge is 0.152 e. The Labute approximate surface area is 138 Å². The van der Waals surface area contributed by atoms with E-state index in [1.54, 1.807) is 6.08 Å². The summed E-state index contributed by atoms with van der Waals surface area (Å²) in [5.74, 6) is -0.278. The number of aldehydes is 1. The first-order valence-electron chi connectivity index (χ1n) is 7.76. The molecule has 1 atom stereocenters. The Kier molecular flexibility index (Phi) is 4.33. The van der Waals surface area contributed by atoms with Crippen molar-refractivity contribution in [2.45, 2.75) is 24.8 Å². The van der Waals surface area contributed by atoms with Gasteiger partial charge in [-0.15, -0.1) is 6.42 Å². The van der Waals surface area contributed by atoms with Gasteiger partial charge in [-0.25, -0.2) is 13.2 Å². The lowest BCUT2D eigenvalue weighted by Crippen LogP contribution is -2.44. The summed E-state index contributed by atoms with van der Waals surface area (Å²) in [5.41, 5.74) is -1.18. The van der Waals surface area contributed by atoms with E-state index >= 15 is 0 Å². The lowest BCUT2D eigenvalue weighted by Gasteiger charge is -2.41. The van der Waals surface area contributed by atoms with Crippen LogP contribution in [0.1, 0.15) is 30.4 Å². The first-order valence-corrected chi connectivity index (χ1v) is 7.76. The maximum Gasteiger partial charge on any atom is 0.152 e. The highest BCUT2D eigenvalue weighted by atomic mass is 19.1. The zero-order valence-electron chi connectivity index (χ0n) is 13.0. The van der Waals surface area contributed by atoms with Gasteiger partial charge in [-0.1, -0.05) is 18.1 Å². The second-order valence-corrected chi connectivity index (χ2v) is 6.07. The first-order chi connectivity index (χ1) is 11.5. The fourth-order valence-electron chi connectivity index (χ4n) is 3.49. The van der Waals surface area contributed by atoms with Crippen LogP contribution in [-0.4, -0.2) is 24.3 Å². The van der Waals surface area contributed by atoms with Crippen LogP contribution in [0, 0.1) is 24.0 Å². The van der Waals surface area contributed by atoms with Crippen LogP contribution in [0.5, 0.6) is 0 Å². The number of likely N-dealkylation sites (tertiary alicyclic amines) is 1. The highest BCUT2D eigenvalue weighted by Gasteiger charge is 2.41. The molecule has 1 aliphatic carbocycles. The van der Waals surface area contributed by atoms with Crippen molar-refractivity contribution in [3.05, 3.63) is 58.4 Å². The molecule has 1 saturated heterocycles. The fraction of sp³-hybridized carbons (Fsp3) is 0.316. The molecule has 1 heterocycles. The van der Waals surface area contributed by atoms with Crippen molar-refractivity contribution in [1.82, 2.24) is 4.90 Å². The van der Waals surface area contributed by atoms with Gasteiger partial charge in [-0.3, -0.25) is 9.69 Å². The number of halogens is 3. The molecule has 124 valence electrons. The zero-order valence-corrected chi connectivity index (χ0v) is 13.0. The van der Waals surface area contributed by atoms with Gasteiger partial charge >= 0.3 is 0 Å². The van der Waals surface area contributed by atoms with Crippen LogP contribution in [0.15, 0.2) is 35.7 Å². The van der Waals surface area contributed by atoms with Crippen LogP contribution in [0.3, 0.4) is 0 Å². The molecule has 1 aromatic rings. The van der Waals surface area contributed by atoms with Crippen LogP contribution in [0.2, 0.25) is 0 Å². The molecular formula is C19H16F3NO. The van der Waals surface area contributed by atoms with Crippen molar-refractivity contribution >= 4 is 6.29 Å². The van der Waals surface area contributed by atoms with E-state index in [9.17, 15) is 18.0 Å². The number of hydrogen-bond donors (Lipinski definition) is 0. The third-order valence-corrected chi connectivity index (χ3v) is 4.76. The minimum absolute atomic E-state index is 0.0361. The first kappa shape index (κ1) is 16.5. The van der Waals surface area contributed by atoms with Gasteiger partial charge in [0, 0.05) is 12.0 Å². The number of carbonyl (C=O) groups excluding carboxylic acids is 1. The minimum Gasteiger partial charge on any atom is -0.298 e. The van der Waals surface area contributed by atoms with Gasteiger partial charge in [0.15, 0.2) is 6.29 Å². The maximum absolute atomic E-state index is 14.4. The van der Waals surface area contributed by atoms with Crippen LogP contribution in [0.25, 0.3) is 0 Å². The van der Waals surface area contributed by atoms with E-state index in [0.29, 0.717) is 24.9 Å². The lowest BCUT2D eigenvalue weighted by atomic mass is 9.80. The number of benzene rings is 1. The summed E-state index contributed by atoms with van der Waals surface area (Å²) in [7, 11) is 0. The Morgan fingerprint density at radius 2 is 1.79 bits per heavy atom. The van der Waals surface area contributed by atoms with E-state index in [1.807, 2.05) is 10.8 Å². The molecule has 1 aromatic carbocycles. The number of allylic oxidation sites excluding steroid dienone is 2. The highest BCUT2D eigenvalue weighted by Crippen LogP contribution is 2.43. The highest BCUT2D eigenvalue weighted by molar-refractivity contribution is 5.79. The monoisotopic (exact) mass is 331 g/mol. The second kappa shape index (κ2) is 6.29. The predicted molar refractivity (Wildman–Crippen MR) is 84.7 cm³/mol. The number of nitrogens with zero attached hydrogens (tertiary/aromatic N) is 1. The van der Waals surface area contributed by atoms with E-state index < -0.39 is 28.6 Å². The van der Waals surface area contributed by atoms with Gasteiger partial charge in [0.1, 0.15) is 17.5 Å². The van der Waals surface area contributed by atoms with Crippen LogP contribution < -0.4 is 0 Å². The normalized spacial score (nSPS) is 24.2. The summed E-state index contributed by atoms with van der Waals surface area (Å²) in [6.45, 7) is 1.38. The summed E-state index contributed by atoms with van der Waals surface area (Å²) in [6, 6.07) is 2.33. The van der Waals surface area contributed by atoms with E-state index in [4.69, 9.17) is 6.42 Å². The molecule has 0 amide bonds. The molecule has 3 rings (SSSR count). The van der Waals surface area contributed by atoms with Gasteiger partial charge in [-0.2, -0.15) is 0 Å². The quantitative estimate of drug-likeness (QED) is 0.623. The van der Waals surface area contributed by atoms with Crippen molar-refractivity contribution in [1.29, 1.82) is 0 Å². The lowest BCUT2D eigenvalue weighted by molar-refractivity contribution is -0.104. The van der Waals surface area contributed by atoms with Crippen LogP contribution in [-0.2, 0) is 10.3 Å². The van der Waals surface area contributed by atoms with E-state index in [2.05, 4.69) is 0 Å². The van der Waals surface area contributed by atoms with Gasteiger partial charge in [0.2, 0.25) is 0 Å². The van der Waals surface area contributed by atoms with Crippen LogP contribution in [0.4, 0.5) is 13.2 Å². The molecule has 0 bridgehead atoms. The molecule has 1 aliphatic heterocycles. The molecule has 5 heteroatoms. The van der Waals surface area contributed by atoms with Gasteiger partial charge in [-0.05, 0) is 43.6 Å². The number of rotatable bonds is 3. The number of hydrogen-bond acceptors (Lipinski definition) is 2. The van der Waals surface area contributed by atoms with Gasteiger partial charge < -0.3 is 0 Å². The molecule has 2 aliphatic rings. The molecule has 24 heavy (non-hydrogen) atoms. The minimum atomic E-state index is -1.01. The third kappa shape index (κ3) is 2.57. The largest absolute Gasteiger partial charge is 0.298 e. The summed E-state index contributed by atoms with van der Waals surface area (Å²) in [4.78, 5) is 12.9. The Bertz CT molecular complexity index is 761. The summed E-state index contributed by atoms with van der Waals surface area (Å²) >= 11 is 0. The molecule has 2 nitrogen and oxygen atoms in total. The van der Waals surface area contributed by atoms with Crippen molar-refractivity contribution in [2.75, 3.05) is 13.1 Å². The van der Waals surface area contributed by atoms with Crippen molar-refractivity contribution in [3.8, 4) is 12.3 Å². The fourth-order valence-corrected chi connectivity index (χ4v) is 3.49. The Hall–Kier alpha value is -2.32. The predicted octanol–water partition coefficient (Wildman–Crippen LogP) is 3.62. The van der Waals surface area contributed by atoms with Crippen molar-refractivity contribution in [2.24, 2.45) is 0 Å². The van der Waals surface area contributed by atoms with E-state index in [-0.39, 0.29) is 12.0 Å². The number of terminal acetylenes is 1.